The maximum atomic E-state index is 12.6. The predicted molar refractivity (Wildman–Crippen MR) is 80.2 cm³/mol. The molecule has 3 rings (SSSR count). The Morgan fingerprint density at radius 3 is 2.65 bits per heavy atom. The number of carbonyl (C=O) groups excluding carboxylic acids is 1. The minimum atomic E-state index is -0.319. The van der Waals surface area contributed by atoms with Crippen LogP contribution in [0, 0.1) is 11.8 Å². The number of likely N-dealkylation sites (tertiary alicyclic amines) is 1. The van der Waals surface area contributed by atoms with E-state index < -0.39 is 0 Å². The Hall–Kier alpha value is -0.610. The second-order valence-electron chi connectivity index (χ2n) is 7.58. The van der Waals surface area contributed by atoms with E-state index in [1.165, 1.54) is 12.8 Å². The number of nitrogens with one attached hydrogen (secondary N) is 1. The van der Waals surface area contributed by atoms with Crippen molar-refractivity contribution in [2.45, 2.75) is 70.0 Å². The Kier molecular flexibility index (Phi) is 3.80. The molecule has 4 unspecified atom stereocenters. The van der Waals surface area contributed by atoms with Crippen LogP contribution in [0.3, 0.4) is 0 Å². The van der Waals surface area contributed by atoms with Gasteiger partial charge in [-0.1, -0.05) is 19.8 Å². The molecule has 4 atom stereocenters. The fourth-order valence-corrected chi connectivity index (χ4v) is 4.00. The summed E-state index contributed by atoms with van der Waals surface area (Å²) in [4.78, 5) is 15.2. The van der Waals surface area contributed by atoms with E-state index in [1.807, 2.05) is 6.92 Å². The highest BCUT2D eigenvalue weighted by Gasteiger charge is 2.42. The van der Waals surface area contributed by atoms with Gasteiger partial charge in [0.1, 0.15) is 0 Å². The molecule has 0 aromatic carbocycles. The van der Waals surface area contributed by atoms with Crippen LogP contribution in [-0.4, -0.2) is 41.5 Å². The highest BCUT2D eigenvalue weighted by atomic mass is 16.2. The summed E-state index contributed by atoms with van der Waals surface area (Å²) >= 11 is 0. The summed E-state index contributed by atoms with van der Waals surface area (Å²) in [5.74, 6) is 0.759. The number of carbonyl (C=O) groups is 1. The van der Waals surface area contributed by atoms with Gasteiger partial charge in [-0.05, 0) is 38.5 Å². The third kappa shape index (κ3) is 2.86. The van der Waals surface area contributed by atoms with E-state index in [9.17, 15) is 4.79 Å². The summed E-state index contributed by atoms with van der Waals surface area (Å²) in [6, 6.07) is 1.12. The number of hydrogen-bond acceptors (Lipinski definition) is 3. The third-order valence-corrected chi connectivity index (χ3v) is 5.60. The lowest BCUT2D eigenvalue weighted by molar-refractivity contribution is -0.129. The second kappa shape index (κ2) is 5.30. The third-order valence-electron chi connectivity index (χ3n) is 5.60. The first-order valence-electron chi connectivity index (χ1n) is 8.30. The molecule has 0 aromatic rings. The van der Waals surface area contributed by atoms with Gasteiger partial charge < -0.3 is 11.1 Å². The zero-order valence-corrected chi connectivity index (χ0v) is 12.9. The molecule has 3 N–H and O–H groups in total. The molecule has 20 heavy (non-hydrogen) atoms. The summed E-state index contributed by atoms with van der Waals surface area (Å²) in [5, 5.41) is 3.31. The molecule has 1 saturated heterocycles. The molecule has 2 saturated carbocycles. The average Bonchev–Trinajstić information content (AvgIpc) is 3.15. The lowest BCUT2D eigenvalue weighted by Crippen LogP contribution is -2.55. The van der Waals surface area contributed by atoms with Gasteiger partial charge in [0.2, 0.25) is 5.91 Å². The van der Waals surface area contributed by atoms with Crippen molar-refractivity contribution in [1.82, 2.24) is 10.2 Å². The summed E-state index contributed by atoms with van der Waals surface area (Å²) in [5.41, 5.74) is 6.03. The summed E-state index contributed by atoms with van der Waals surface area (Å²) in [6.07, 6.45) is 6.91. The quantitative estimate of drug-likeness (QED) is 0.823. The minimum absolute atomic E-state index is 0.00146. The van der Waals surface area contributed by atoms with Crippen molar-refractivity contribution in [2.75, 3.05) is 13.1 Å². The van der Waals surface area contributed by atoms with Crippen LogP contribution in [0.1, 0.15) is 52.4 Å². The second-order valence-corrected chi connectivity index (χ2v) is 7.58. The maximum Gasteiger partial charge on any atom is 0.225 e. The van der Waals surface area contributed by atoms with Gasteiger partial charge in [0, 0.05) is 30.7 Å². The van der Waals surface area contributed by atoms with E-state index in [2.05, 4.69) is 17.1 Å². The molecular formula is C16H29N3O. The van der Waals surface area contributed by atoms with E-state index >= 15 is 0 Å². The van der Waals surface area contributed by atoms with Crippen molar-refractivity contribution in [1.29, 1.82) is 0 Å². The van der Waals surface area contributed by atoms with Crippen molar-refractivity contribution in [3.8, 4) is 0 Å². The van der Waals surface area contributed by atoms with Crippen LogP contribution >= 0.6 is 0 Å². The molecule has 0 aromatic heterocycles. The Morgan fingerprint density at radius 2 is 2.00 bits per heavy atom. The molecule has 1 heterocycles. The molecule has 0 bridgehead atoms. The Bertz CT molecular complexity index is 378. The number of nitrogens with two attached hydrogens (primary N) is 1. The lowest BCUT2D eigenvalue weighted by Gasteiger charge is -2.38. The van der Waals surface area contributed by atoms with Crippen LogP contribution in [0.2, 0.25) is 0 Å². The van der Waals surface area contributed by atoms with Gasteiger partial charge in [-0.2, -0.15) is 0 Å². The Balaban J connectivity index is 1.58. The van der Waals surface area contributed by atoms with E-state index in [0.717, 1.165) is 44.8 Å². The van der Waals surface area contributed by atoms with Crippen LogP contribution < -0.4 is 11.1 Å². The zero-order valence-electron chi connectivity index (χ0n) is 12.9. The fraction of sp³-hybridized carbons (Fsp3) is 0.938. The monoisotopic (exact) mass is 279 g/mol. The van der Waals surface area contributed by atoms with Crippen molar-refractivity contribution in [3.63, 3.8) is 0 Å². The van der Waals surface area contributed by atoms with Crippen LogP contribution in [0.5, 0.6) is 0 Å². The topological polar surface area (TPSA) is 58.4 Å². The van der Waals surface area contributed by atoms with Crippen molar-refractivity contribution in [2.24, 2.45) is 17.6 Å². The molecule has 4 heteroatoms. The van der Waals surface area contributed by atoms with Gasteiger partial charge in [-0.25, -0.2) is 0 Å². The van der Waals surface area contributed by atoms with E-state index in [4.69, 9.17) is 5.73 Å². The zero-order chi connectivity index (χ0) is 14.3. The van der Waals surface area contributed by atoms with Crippen LogP contribution in [-0.2, 0) is 4.79 Å². The maximum absolute atomic E-state index is 12.6. The lowest BCUT2D eigenvalue weighted by atomic mass is 9.74. The number of nitrogens with zero attached hydrogens (tertiary/aromatic N) is 1. The summed E-state index contributed by atoms with van der Waals surface area (Å²) < 4.78 is 0. The van der Waals surface area contributed by atoms with Crippen molar-refractivity contribution < 1.29 is 4.79 Å². The number of hydrogen-bond donors (Lipinski definition) is 2. The molecule has 1 aliphatic heterocycles. The van der Waals surface area contributed by atoms with Gasteiger partial charge in [0.25, 0.3) is 0 Å². The van der Waals surface area contributed by atoms with E-state index in [0.29, 0.717) is 12.0 Å². The van der Waals surface area contributed by atoms with Gasteiger partial charge in [0.05, 0.1) is 5.92 Å². The Labute approximate surface area is 122 Å². The first-order valence-corrected chi connectivity index (χ1v) is 8.30. The molecule has 4 nitrogen and oxygen atoms in total. The number of rotatable bonds is 3. The van der Waals surface area contributed by atoms with E-state index in [1.54, 1.807) is 0 Å². The SMILES string of the molecule is CC1CN(C2CC2)CC1NC(=O)C1CCCCC1(C)N. The highest BCUT2D eigenvalue weighted by molar-refractivity contribution is 5.80. The van der Waals surface area contributed by atoms with E-state index in [-0.39, 0.29) is 17.4 Å². The summed E-state index contributed by atoms with van der Waals surface area (Å²) in [6.45, 7) is 6.48. The first-order chi connectivity index (χ1) is 9.47. The molecule has 0 spiro atoms. The minimum Gasteiger partial charge on any atom is -0.351 e. The smallest absolute Gasteiger partial charge is 0.225 e. The number of amides is 1. The van der Waals surface area contributed by atoms with Crippen molar-refractivity contribution in [3.05, 3.63) is 0 Å². The standard InChI is InChI=1S/C16H29N3O/c1-11-9-19(12-6-7-12)10-14(11)18-15(20)13-5-3-4-8-16(13,2)17/h11-14H,3-10,17H2,1-2H3,(H,18,20). The average molecular weight is 279 g/mol. The molecule has 1 amide bonds. The predicted octanol–water partition coefficient (Wildman–Crippen LogP) is 1.49. The molecule has 2 aliphatic carbocycles. The van der Waals surface area contributed by atoms with Crippen LogP contribution in [0.15, 0.2) is 0 Å². The molecular weight excluding hydrogens is 250 g/mol. The van der Waals surface area contributed by atoms with Crippen LogP contribution in [0.4, 0.5) is 0 Å². The van der Waals surface area contributed by atoms with Gasteiger partial charge >= 0.3 is 0 Å². The Morgan fingerprint density at radius 1 is 1.25 bits per heavy atom. The highest BCUT2D eigenvalue weighted by Crippen LogP contribution is 2.34. The normalized spacial score (nSPS) is 42.6. The molecule has 3 fully saturated rings. The van der Waals surface area contributed by atoms with Gasteiger partial charge in [-0.15, -0.1) is 0 Å². The molecule has 114 valence electrons. The van der Waals surface area contributed by atoms with Gasteiger partial charge in [-0.3, -0.25) is 9.69 Å². The fourth-order valence-electron chi connectivity index (χ4n) is 4.00. The molecule has 3 aliphatic rings. The van der Waals surface area contributed by atoms with Crippen molar-refractivity contribution >= 4 is 5.91 Å². The van der Waals surface area contributed by atoms with Crippen LogP contribution in [0.25, 0.3) is 0 Å². The largest absolute Gasteiger partial charge is 0.351 e. The molecule has 0 radical (unpaired) electrons. The first kappa shape index (κ1) is 14.3. The van der Waals surface area contributed by atoms with Gasteiger partial charge in [0.15, 0.2) is 0 Å². The summed E-state index contributed by atoms with van der Waals surface area (Å²) in [7, 11) is 0.